The second-order valence-electron chi connectivity index (χ2n) is 7.89. The first-order valence-corrected chi connectivity index (χ1v) is 11.4. The molecule has 0 saturated heterocycles. The lowest BCUT2D eigenvalue weighted by atomic mass is 10.1. The van der Waals surface area contributed by atoms with Crippen LogP contribution in [0.15, 0.2) is 48.9 Å². The van der Waals surface area contributed by atoms with Crippen LogP contribution in [0.3, 0.4) is 0 Å². The van der Waals surface area contributed by atoms with Crippen molar-refractivity contribution < 1.29 is 18.0 Å². The average molecular weight is 483 g/mol. The number of aryl methyl sites for hydroxylation is 1. The Hall–Kier alpha value is -3.95. The summed E-state index contributed by atoms with van der Waals surface area (Å²) in [6.45, 7) is 4.00. The summed E-state index contributed by atoms with van der Waals surface area (Å²) in [5.74, 6) is 0.108. The van der Waals surface area contributed by atoms with E-state index < -0.39 is 11.7 Å². The maximum absolute atomic E-state index is 12.6. The number of nitrogens with zero attached hydrogens (tertiary/aromatic N) is 4. The third-order valence-corrected chi connectivity index (χ3v) is 5.74. The number of anilines is 2. The molecule has 0 aliphatic heterocycles. The van der Waals surface area contributed by atoms with Crippen molar-refractivity contribution in [3.8, 4) is 5.69 Å². The molecule has 0 atom stereocenters. The molecule has 3 heterocycles. The Balaban J connectivity index is 0.00000141. The first-order valence-electron chi connectivity index (χ1n) is 11.4. The SMILES string of the molecule is CC.Nc1ncnc2c3c(n(-c4ccc(CC(=O)Nc5ccc(C(F)(F)F)cn5)cc4)c12)CCC3. The summed E-state index contributed by atoms with van der Waals surface area (Å²) in [6, 6.07) is 9.50. The van der Waals surface area contributed by atoms with Crippen LogP contribution in [0.4, 0.5) is 24.8 Å². The minimum Gasteiger partial charge on any atom is -0.382 e. The maximum atomic E-state index is 12.6. The monoisotopic (exact) mass is 482 g/mol. The molecule has 0 bridgehead atoms. The first kappa shape index (κ1) is 24.2. The minimum absolute atomic E-state index is 0.0543. The van der Waals surface area contributed by atoms with Gasteiger partial charge in [0, 0.05) is 17.6 Å². The van der Waals surface area contributed by atoms with Crippen LogP contribution in [0.5, 0.6) is 0 Å². The van der Waals surface area contributed by atoms with Crippen molar-refractivity contribution in [1.29, 1.82) is 0 Å². The van der Waals surface area contributed by atoms with Crippen molar-refractivity contribution in [3.05, 3.63) is 71.3 Å². The number of carbonyl (C=O) groups is 1. The second kappa shape index (κ2) is 9.73. The Labute approximate surface area is 200 Å². The standard InChI is InChI=1S/C23H19F3N6O.C2H6/c24-23(25,26)14-6-9-18(28-11-14)31-19(33)10-13-4-7-15(8-5-13)32-17-3-1-2-16(17)20-21(32)22(27)30-12-29-20;1-2/h4-9,11-12H,1-3,10H2,(H2,27,29,30)(H,28,31,33);1-2H3. The summed E-state index contributed by atoms with van der Waals surface area (Å²) in [5.41, 5.74) is 11.0. The van der Waals surface area contributed by atoms with E-state index in [-0.39, 0.29) is 18.1 Å². The molecule has 3 N–H and O–H groups in total. The number of amides is 1. The number of nitrogens with two attached hydrogens (primary N) is 1. The van der Waals surface area contributed by atoms with Crippen molar-refractivity contribution in [1.82, 2.24) is 19.5 Å². The molecule has 0 spiro atoms. The lowest BCUT2D eigenvalue weighted by Gasteiger charge is -2.11. The van der Waals surface area contributed by atoms with Crippen molar-refractivity contribution in [3.63, 3.8) is 0 Å². The van der Waals surface area contributed by atoms with Crippen molar-refractivity contribution in [2.75, 3.05) is 11.1 Å². The summed E-state index contributed by atoms with van der Waals surface area (Å²) in [4.78, 5) is 24.6. The van der Waals surface area contributed by atoms with Crippen molar-refractivity contribution in [2.24, 2.45) is 0 Å². The zero-order valence-electron chi connectivity index (χ0n) is 19.4. The smallest absolute Gasteiger partial charge is 0.382 e. The van der Waals surface area contributed by atoms with Gasteiger partial charge in [0.25, 0.3) is 0 Å². The summed E-state index contributed by atoms with van der Waals surface area (Å²) in [6.07, 6.45) is 0.688. The lowest BCUT2D eigenvalue weighted by Crippen LogP contribution is -2.16. The molecule has 0 saturated carbocycles. The molecule has 4 aromatic rings. The molecular weight excluding hydrogens is 457 g/mol. The number of nitrogens with one attached hydrogen (secondary N) is 1. The second-order valence-corrected chi connectivity index (χ2v) is 7.89. The summed E-state index contributed by atoms with van der Waals surface area (Å²) < 4.78 is 40.0. The van der Waals surface area contributed by atoms with Gasteiger partial charge in [-0.15, -0.1) is 0 Å². The van der Waals surface area contributed by atoms with Gasteiger partial charge >= 0.3 is 6.18 Å². The Bertz CT molecular complexity index is 1350. The largest absolute Gasteiger partial charge is 0.417 e. The molecule has 1 aliphatic carbocycles. The van der Waals surface area contributed by atoms with E-state index in [0.717, 1.165) is 53.7 Å². The van der Waals surface area contributed by atoms with E-state index in [2.05, 4.69) is 24.8 Å². The summed E-state index contributed by atoms with van der Waals surface area (Å²) >= 11 is 0. The van der Waals surface area contributed by atoms with Gasteiger partial charge in [0.2, 0.25) is 5.91 Å². The van der Waals surface area contributed by atoms with Gasteiger partial charge in [-0.05, 0) is 54.7 Å². The number of halogens is 3. The minimum atomic E-state index is -4.47. The van der Waals surface area contributed by atoms with Crippen LogP contribution in [0.2, 0.25) is 0 Å². The number of nitrogen functional groups attached to an aromatic ring is 1. The van der Waals surface area contributed by atoms with Gasteiger partial charge in [-0.3, -0.25) is 4.79 Å². The van der Waals surface area contributed by atoms with Crippen LogP contribution in [0, 0.1) is 0 Å². The highest BCUT2D eigenvalue weighted by molar-refractivity contribution is 5.92. The number of hydrogen-bond donors (Lipinski definition) is 2. The fourth-order valence-electron chi connectivity index (χ4n) is 4.25. The molecule has 10 heteroatoms. The number of fused-ring (bicyclic) bond motifs is 3. The van der Waals surface area contributed by atoms with Gasteiger partial charge in [-0.1, -0.05) is 26.0 Å². The van der Waals surface area contributed by atoms with E-state index in [1.165, 1.54) is 17.6 Å². The number of alkyl halides is 3. The summed E-state index contributed by atoms with van der Waals surface area (Å²) in [5, 5.41) is 2.52. The van der Waals surface area contributed by atoms with Crippen molar-refractivity contribution >= 4 is 28.6 Å². The average Bonchev–Trinajstić information content (AvgIpc) is 3.43. The van der Waals surface area contributed by atoms with Gasteiger partial charge in [-0.2, -0.15) is 13.2 Å². The number of rotatable bonds is 4. The van der Waals surface area contributed by atoms with Crippen LogP contribution in [0.25, 0.3) is 16.7 Å². The summed E-state index contributed by atoms with van der Waals surface area (Å²) in [7, 11) is 0. The zero-order valence-corrected chi connectivity index (χ0v) is 19.4. The highest BCUT2D eigenvalue weighted by Crippen LogP contribution is 2.36. The van der Waals surface area contributed by atoms with Gasteiger partial charge in [0.15, 0.2) is 5.82 Å². The number of carbonyl (C=O) groups excluding carboxylic acids is 1. The normalized spacial score (nSPS) is 12.7. The third kappa shape index (κ3) is 4.82. The molecule has 182 valence electrons. The van der Waals surface area contributed by atoms with E-state index in [0.29, 0.717) is 12.0 Å². The number of hydrogen-bond acceptors (Lipinski definition) is 5. The number of aromatic nitrogens is 4. The Morgan fingerprint density at radius 2 is 1.80 bits per heavy atom. The van der Waals surface area contributed by atoms with Gasteiger partial charge in [-0.25, -0.2) is 15.0 Å². The molecular formula is C25H25F3N6O. The highest BCUT2D eigenvalue weighted by atomic mass is 19.4. The molecule has 3 aromatic heterocycles. The molecule has 5 rings (SSSR count). The molecule has 1 aliphatic rings. The van der Waals surface area contributed by atoms with Gasteiger partial charge < -0.3 is 15.6 Å². The van der Waals surface area contributed by atoms with Crippen molar-refractivity contribution in [2.45, 2.75) is 45.7 Å². The van der Waals surface area contributed by atoms with E-state index >= 15 is 0 Å². The molecule has 1 aromatic carbocycles. The van der Waals surface area contributed by atoms with Crippen LogP contribution >= 0.6 is 0 Å². The molecule has 7 nitrogen and oxygen atoms in total. The Kier molecular flexibility index (Phi) is 6.72. The Morgan fingerprint density at radius 1 is 1.06 bits per heavy atom. The van der Waals surface area contributed by atoms with Crippen LogP contribution in [0.1, 0.15) is 42.7 Å². The van der Waals surface area contributed by atoms with Crippen LogP contribution < -0.4 is 11.1 Å². The topological polar surface area (TPSA) is 98.7 Å². The third-order valence-electron chi connectivity index (χ3n) is 5.74. The predicted octanol–water partition coefficient (Wildman–Crippen LogP) is 5.11. The lowest BCUT2D eigenvalue weighted by molar-refractivity contribution is -0.137. The van der Waals surface area contributed by atoms with Gasteiger partial charge in [0.05, 0.1) is 17.5 Å². The first-order chi connectivity index (χ1) is 16.8. The highest BCUT2D eigenvalue weighted by Gasteiger charge is 2.30. The van der Waals surface area contributed by atoms with Gasteiger partial charge in [0.1, 0.15) is 17.7 Å². The van der Waals surface area contributed by atoms with E-state index in [9.17, 15) is 18.0 Å². The molecule has 0 radical (unpaired) electrons. The Morgan fingerprint density at radius 3 is 2.46 bits per heavy atom. The molecule has 35 heavy (non-hydrogen) atoms. The quantitative estimate of drug-likeness (QED) is 0.421. The molecule has 0 fully saturated rings. The predicted molar refractivity (Wildman–Crippen MR) is 128 cm³/mol. The molecule has 0 unspecified atom stereocenters. The number of pyridine rings is 1. The van der Waals surface area contributed by atoms with E-state index in [1.807, 2.05) is 38.1 Å². The number of benzene rings is 1. The fraction of sp³-hybridized carbons (Fsp3) is 0.280. The fourth-order valence-corrected chi connectivity index (χ4v) is 4.25. The van der Waals surface area contributed by atoms with Crippen LogP contribution in [-0.4, -0.2) is 25.4 Å². The zero-order chi connectivity index (χ0) is 25.2. The van der Waals surface area contributed by atoms with Crippen LogP contribution in [-0.2, 0) is 30.2 Å². The van der Waals surface area contributed by atoms with E-state index in [1.54, 1.807) is 0 Å². The maximum Gasteiger partial charge on any atom is 0.417 e. The van der Waals surface area contributed by atoms with E-state index in [4.69, 9.17) is 5.73 Å². The molecule has 1 amide bonds.